The molecule has 1 aromatic carbocycles. The highest BCUT2D eigenvalue weighted by Gasteiger charge is 2.44. The van der Waals surface area contributed by atoms with Crippen LogP contribution in [0.1, 0.15) is 46.1 Å². The van der Waals surface area contributed by atoms with Crippen molar-refractivity contribution >= 4 is 18.1 Å². The van der Waals surface area contributed by atoms with E-state index in [1.165, 1.54) is 4.90 Å². The van der Waals surface area contributed by atoms with Crippen LogP contribution in [0.4, 0.5) is 9.59 Å². The Balaban J connectivity index is 1.71. The molecule has 2 heterocycles. The Hall–Kier alpha value is -2.57. The molecule has 158 valence electrons. The van der Waals surface area contributed by atoms with Crippen molar-refractivity contribution in [1.82, 2.24) is 9.80 Å². The van der Waals surface area contributed by atoms with Gasteiger partial charge >= 0.3 is 12.2 Å². The first-order valence-electron chi connectivity index (χ1n) is 10.2. The Kier molecular flexibility index (Phi) is 6.15. The van der Waals surface area contributed by atoms with Gasteiger partial charge in [-0.15, -0.1) is 0 Å². The van der Waals surface area contributed by atoms with E-state index in [1.54, 1.807) is 11.8 Å². The molecule has 0 aliphatic carbocycles. The largest absolute Gasteiger partial charge is 0.447 e. The number of hydrogen-bond donors (Lipinski definition) is 0. The van der Waals surface area contributed by atoms with Crippen molar-refractivity contribution in [1.29, 1.82) is 0 Å². The van der Waals surface area contributed by atoms with E-state index in [1.807, 2.05) is 51.1 Å². The second-order valence-corrected chi connectivity index (χ2v) is 8.80. The predicted octanol–water partition coefficient (Wildman–Crippen LogP) is 3.61. The van der Waals surface area contributed by atoms with Gasteiger partial charge in [-0.25, -0.2) is 14.5 Å². The van der Waals surface area contributed by atoms with Crippen LogP contribution in [0.2, 0.25) is 0 Å². The zero-order chi connectivity index (χ0) is 21.2. The predicted molar refractivity (Wildman–Crippen MR) is 107 cm³/mol. The molecule has 0 N–H and O–H groups in total. The van der Waals surface area contributed by atoms with Crippen LogP contribution >= 0.6 is 0 Å². The van der Waals surface area contributed by atoms with Crippen LogP contribution in [0.15, 0.2) is 30.3 Å². The van der Waals surface area contributed by atoms with Crippen molar-refractivity contribution in [3.63, 3.8) is 0 Å². The van der Waals surface area contributed by atoms with E-state index in [9.17, 15) is 14.4 Å². The molecule has 0 unspecified atom stereocenters. The summed E-state index contributed by atoms with van der Waals surface area (Å²) in [5.74, 6) is -0.817. The molecule has 2 fully saturated rings. The lowest BCUT2D eigenvalue weighted by Crippen LogP contribution is -2.50. The minimum atomic E-state index is -0.607. The molecule has 0 bridgehead atoms. The third-order valence-corrected chi connectivity index (χ3v) is 5.41. The number of nitrogens with zero attached hydrogens (tertiary/aromatic N) is 2. The van der Waals surface area contributed by atoms with Crippen molar-refractivity contribution in [3.05, 3.63) is 35.9 Å². The average molecular weight is 402 g/mol. The molecule has 3 rings (SSSR count). The second kappa shape index (κ2) is 8.43. The van der Waals surface area contributed by atoms with Gasteiger partial charge in [0, 0.05) is 12.6 Å². The average Bonchev–Trinajstić information content (AvgIpc) is 3.27. The van der Waals surface area contributed by atoms with Crippen molar-refractivity contribution < 1.29 is 23.9 Å². The summed E-state index contributed by atoms with van der Waals surface area (Å²) in [6.45, 7) is 7.97. The summed E-state index contributed by atoms with van der Waals surface area (Å²) in [6.07, 6.45) is 1.04. The number of ether oxygens (including phenoxy) is 2. The smallest absolute Gasteiger partial charge is 0.416 e. The molecular weight excluding hydrogens is 372 g/mol. The summed E-state index contributed by atoms with van der Waals surface area (Å²) in [7, 11) is 0. The quantitative estimate of drug-likeness (QED) is 0.769. The summed E-state index contributed by atoms with van der Waals surface area (Å²) in [5.41, 5.74) is 0.439. The van der Waals surface area contributed by atoms with Crippen molar-refractivity contribution in [2.75, 3.05) is 13.2 Å². The number of imide groups is 1. The Morgan fingerprint density at radius 3 is 2.59 bits per heavy atom. The topological polar surface area (TPSA) is 76.2 Å². The zero-order valence-electron chi connectivity index (χ0n) is 17.6. The van der Waals surface area contributed by atoms with Gasteiger partial charge < -0.3 is 14.4 Å². The van der Waals surface area contributed by atoms with E-state index in [0.717, 1.165) is 12.0 Å². The Morgan fingerprint density at radius 1 is 1.24 bits per heavy atom. The fourth-order valence-electron chi connectivity index (χ4n) is 4.01. The summed E-state index contributed by atoms with van der Waals surface area (Å²) < 4.78 is 10.7. The molecule has 0 aromatic heterocycles. The molecule has 29 heavy (non-hydrogen) atoms. The van der Waals surface area contributed by atoms with Gasteiger partial charge in [-0.2, -0.15) is 0 Å². The van der Waals surface area contributed by atoms with E-state index in [-0.39, 0.29) is 24.6 Å². The monoisotopic (exact) mass is 402 g/mol. The molecule has 1 aromatic rings. The van der Waals surface area contributed by atoms with Crippen molar-refractivity contribution in [2.24, 2.45) is 5.92 Å². The molecule has 7 heteroatoms. The number of likely N-dealkylation sites (tertiary alicyclic amines) is 1. The molecule has 0 radical (unpaired) electrons. The van der Waals surface area contributed by atoms with Crippen LogP contribution in [-0.2, 0) is 20.7 Å². The van der Waals surface area contributed by atoms with Gasteiger partial charge in [0.2, 0.25) is 5.91 Å². The molecular formula is C22H30N2O5. The van der Waals surface area contributed by atoms with E-state index in [0.29, 0.717) is 19.4 Å². The lowest BCUT2D eigenvalue weighted by molar-refractivity contribution is -0.134. The van der Waals surface area contributed by atoms with Crippen LogP contribution < -0.4 is 0 Å². The number of amides is 3. The molecule has 3 atom stereocenters. The van der Waals surface area contributed by atoms with Crippen LogP contribution in [0, 0.1) is 5.92 Å². The standard InChI is InChI=1S/C22H30N2O5/c1-15(18-11-8-12-23(18)20(26)29-22(2,3)4)19(25)24-17(14-28-21(24)27)13-16-9-6-5-7-10-16/h5-7,9-10,15,17-18H,8,11-14H2,1-4H3/t15-,17+,18+/m0/s1. The van der Waals surface area contributed by atoms with Crippen LogP contribution in [-0.4, -0.2) is 58.7 Å². The number of carbonyl (C=O) groups excluding carboxylic acids is 3. The van der Waals surface area contributed by atoms with Gasteiger partial charge in [-0.1, -0.05) is 37.3 Å². The van der Waals surface area contributed by atoms with Gasteiger partial charge in [0.15, 0.2) is 0 Å². The third kappa shape index (κ3) is 4.89. The maximum absolute atomic E-state index is 13.2. The van der Waals surface area contributed by atoms with Gasteiger partial charge in [0.25, 0.3) is 0 Å². The zero-order valence-corrected chi connectivity index (χ0v) is 17.6. The molecule has 2 aliphatic heterocycles. The molecule has 0 saturated carbocycles. The number of benzene rings is 1. The summed E-state index contributed by atoms with van der Waals surface area (Å²) in [5, 5.41) is 0. The number of rotatable bonds is 4. The molecule has 0 spiro atoms. The van der Waals surface area contributed by atoms with E-state index in [2.05, 4.69) is 0 Å². The summed E-state index contributed by atoms with van der Waals surface area (Å²) >= 11 is 0. The lowest BCUT2D eigenvalue weighted by Gasteiger charge is -2.33. The molecule has 3 amide bonds. The molecule has 2 saturated heterocycles. The minimum absolute atomic E-state index is 0.187. The normalized spacial score (nSPS) is 23.1. The lowest BCUT2D eigenvalue weighted by atomic mass is 9.96. The van der Waals surface area contributed by atoms with Gasteiger partial charge in [-0.05, 0) is 45.6 Å². The van der Waals surface area contributed by atoms with E-state index < -0.39 is 23.7 Å². The third-order valence-electron chi connectivity index (χ3n) is 5.41. The Labute approximate surface area is 171 Å². The highest BCUT2D eigenvalue weighted by molar-refractivity contribution is 5.95. The van der Waals surface area contributed by atoms with Crippen LogP contribution in [0.25, 0.3) is 0 Å². The second-order valence-electron chi connectivity index (χ2n) is 8.80. The first kappa shape index (κ1) is 21.1. The number of cyclic esters (lactones) is 1. The highest BCUT2D eigenvalue weighted by Crippen LogP contribution is 2.29. The minimum Gasteiger partial charge on any atom is -0.447 e. The first-order chi connectivity index (χ1) is 13.7. The first-order valence-corrected chi connectivity index (χ1v) is 10.2. The van der Waals surface area contributed by atoms with E-state index >= 15 is 0 Å². The van der Waals surface area contributed by atoms with Gasteiger partial charge in [0.05, 0.1) is 12.0 Å². The summed E-state index contributed by atoms with van der Waals surface area (Å²) in [4.78, 5) is 41.0. The Morgan fingerprint density at radius 2 is 1.93 bits per heavy atom. The van der Waals surface area contributed by atoms with Crippen molar-refractivity contribution in [2.45, 2.75) is 64.6 Å². The summed E-state index contributed by atoms with van der Waals surface area (Å²) in [6, 6.07) is 9.10. The number of carbonyl (C=O) groups is 3. The highest BCUT2D eigenvalue weighted by atomic mass is 16.6. The maximum atomic E-state index is 13.2. The van der Waals surface area contributed by atoms with Gasteiger partial charge in [-0.3, -0.25) is 4.79 Å². The molecule has 7 nitrogen and oxygen atoms in total. The molecule has 2 aliphatic rings. The van der Waals surface area contributed by atoms with Crippen LogP contribution in [0.5, 0.6) is 0 Å². The van der Waals surface area contributed by atoms with Crippen LogP contribution in [0.3, 0.4) is 0 Å². The van der Waals surface area contributed by atoms with E-state index in [4.69, 9.17) is 9.47 Å². The van der Waals surface area contributed by atoms with Crippen molar-refractivity contribution in [3.8, 4) is 0 Å². The maximum Gasteiger partial charge on any atom is 0.416 e. The number of hydrogen-bond acceptors (Lipinski definition) is 5. The van der Waals surface area contributed by atoms with Gasteiger partial charge in [0.1, 0.15) is 12.2 Å². The fourth-order valence-corrected chi connectivity index (χ4v) is 4.01. The fraction of sp³-hybridized carbons (Fsp3) is 0.591. The Bertz CT molecular complexity index is 758. The SMILES string of the molecule is C[C@H](C(=O)N1C(=O)OC[C@H]1Cc1ccccc1)[C@H]1CCCN1C(=O)OC(C)(C)C.